The number of aliphatic hydroxyl groups is 2. The molecule has 0 aromatic heterocycles. The number of carbonyl (C=O) groups is 2. The molecule has 0 aromatic carbocycles. The molecular formula is C47H83NO5. The fourth-order valence-corrected chi connectivity index (χ4v) is 6.24. The lowest BCUT2D eigenvalue weighted by Crippen LogP contribution is -2.46. The lowest BCUT2D eigenvalue weighted by atomic mass is 10.0. The molecule has 0 saturated carbocycles. The van der Waals surface area contributed by atoms with Gasteiger partial charge in [0.05, 0.1) is 25.2 Å². The van der Waals surface area contributed by atoms with Gasteiger partial charge in [-0.3, -0.25) is 9.59 Å². The Hall–Kier alpha value is -2.44. The molecule has 0 fully saturated rings. The molecule has 6 heteroatoms. The van der Waals surface area contributed by atoms with Crippen LogP contribution < -0.4 is 5.32 Å². The zero-order valence-corrected chi connectivity index (χ0v) is 34.6. The maximum Gasteiger partial charge on any atom is 0.306 e. The summed E-state index contributed by atoms with van der Waals surface area (Å²) in [6.07, 6.45) is 48.6. The summed E-state index contributed by atoms with van der Waals surface area (Å²) in [5, 5.41) is 23.5. The first-order chi connectivity index (χ1) is 26.0. The number of rotatable bonds is 38. The van der Waals surface area contributed by atoms with Crippen molar-refractivity contribution in [2.45, 2.75) is 219 Å². The molecule has 0 heterocycles. The van der Waals surface area contributed by atoms with Gasteiger partial charge in [-0.1, -0.05) is 165 Å². The molecule has 3 unspecified atom stereocenters. The van der Waals surface area contributed by atoms with Gasteiger partial charge in [-0.05, 0) is 83.5 Å². The summed E-state index contributed by atoms with van der Waals surface area (Å²) in [6, 6.07) is -0.711. The standard InChI is InChI=1S/C47H83NO5/c1-4-7-10-13-16-19-21-22-23-24-25-26-28-31-34-37-40-47(52)53-43(38-35-32-29-18-15-12-9-6-3)41-46(51)48-44(42-49)45(50)39-36-33-30-27-20-17-14-11-8-5-2/h7,10,12,15-16,19,22-23,25-26,43-45,49-50H,4-6,8-9,11,13-14,17-18,20-21,24,27-42H2,1-3H3,(H,48,51)/b10-7+,15-12-,19-16+,23-22+,26-25+. The van der Waals surface area contributed by atoms with Crippen LogP contribution in [0.4, 0.5) is 0 Å². The first kappa shape index (κ1) is 50.6. The topological polar surface area (TPSA) is 95.9 Å². The van der Waals surface area contributed by atoms with E-state index < -0.39 is 18.2 Å². The van der Waals surface area contributed by atoms with E-state index in [1.54, 1.807) is 0 Å². The fraction of sp³-hybridized carbons (Fsp3) is 0.745. The fourth-order valence-electron chi connectivity index (χ4n) is 6.24. The van der Waals surface area contributed by atoms with E-state index in [0.29, 0.717) is 19.3 Å². The SMILES string of the molecule is CC/C=C/C/C=C/C/C=C/C/C=C/CCCCCC(=O)OC(CCCCC/C=C\CCC)CC(=O)NC(CO)C(O)CCCCCCCCCCCC. The average molecular weight is 742 g/mol. The van der Waals surface area contributed by atoms with Crippen molar-refractivity contribution < 1.29 is 24.5 Å². The molecule has 6 nitrogen and oxygen atoms in total. The Morgan fingerprint density at radius 2 is 1.06 bits per heavy atom. The predicted molar refractivity (Wildman–Crippen MR) is 227 cm³/mol. The molecular weight excluding hydrogens is 659 g/mol. The van der Waals surface area contributed by atoms with Crippen molar-refractivity contribution in [3.63, 3.8) is 0 Å². The Labute approximate surface area is 327 Å². The van der Waals surface area contributed by atoms with Gasteiger partial charge in [0.1, 0.15) is 6.10 Å². The number of aliphatic hydroxyl groups excluding tert-OH is 2. The molecule has 53 heavy (non-hydrogen) atoms. The molecule has 3 atom stereocenters. The quantitative estimate of drug-likeness (QED) is 0.0333. The van der Waals surface area contributed by atoms with E-state index in [0.717, 1.165) is 109 Å². The van der Waals surface area contributed by atoms with E-state index in [1.807, 2.05) is 0 Å². The monoisotopic (exact) mass is 742 g/mol. The molecule has 0 rings (SSSR count). The van der Waals surface area contributed by atoms with Crippen LogP contribution in [-0.2, 0) is 14.3 Å². The minimum atomic E-state index is -0.795. The van der Waals surface area contributed by atoms with Gasteiger partial charge in [0.2, 0.25) is 5.91 Å². The smallest absolute Gasteiger partial charge is 0.306 e. The number of nitrogens with one attached hydrogen (secondary N) is 1. The van der Waals surface area contributed by atoms with Crippen molar-refractivity contribution in [2.24, 2.45) is 0 Å². The summed E-state index contributed by atoms with van der Waals surface area (Å²) in [6.45, 7) is 6.25. The summed E-state index contributed by atoms with van der Waals surface area (Å²) in [5.74, 6) is -0.537. The summed E-state index contributed by atoms with van der Waals surface area (Å²) in [4.78, 5) is 25.9. The first-order valence-electron chi connectivity index (χ1n) is 22.0. The van der Waals surface area contributed by atoms with E-state index in [1.165, 1.54) is 44.9 Å². The minimum Gasteiger partial charge on any atom is -0.462 e. The predicted octanol–water partition coefficient (Wildman–Crippen LogP) is 12.5. The zero-order chi connectivity index (χ0) is 38.9. The molecule has 0 aliphatic carbocycles. The highest BCUT2D eigenvalue weighted by atomic mass is 16.5. The molecule has 0 aliphatic rings. The highest BCUT2D eigenvalue weighted by Gasteiger charge is 2.24. The lowest BCUT2D eigenvalue weighted by Gasteiger charge is -2.24. The number of ether oxygens (including phenoxy) is 1. The van der Waals surface area contributed by atoms with E-state index in [2.05, 4.69) is 86.8 Å². The van der Waals surface area contributed by atoms with Gasteiger partial charge in [0.25, 0.3) is 0 Å². The van der Waals surface area contributed by atoms with Crippen LogP contribution in [-0.4, -0.2) is 46.9 Å². The van der Waals surface area contributed by atoms with E-state index in [4.69, 9.17) is 4.74 Å². The third-order valence-corrected chi connectivity index (χ3v) is 9.56. The number of hydrogen-bond donors (Lipinski definition) is 3. The normalized spacial score (nSPS) is 14.0. The van der Waals surface area contributed by atoms with Crippen molar-refractivity contribution in [2.75, 3.05) is 6.61 Å². The minimum absolute atomic E-state index is 0.0510. The molecule has 0 aromatic rings. The van der Waals surface area contributed by atoms with Crippen LogP contribution in [0.3, 0.4) is 0 Å². The number of unbranched alkanes of at least 4 members (excludes halogenated alkanes) is 16. The largest absolute Gasteiger partial charge is 0.462 e. The molecule has 0 radical (unpaired) electrons. The summed E-state index contributed by atoms with van der Waals surface area (Å²) in [5.41, 5.74) is 0. The van der Waals surface area contributed by atoms with Crippen molar-refractivity contribution >= 4 is 11.9 Å². The van der Waals surface area contributed by atoms with Crippen molar-refractivity contribution in [3.05, 3.63) is 60.8 Å². The number of amides is 1. The van der Waals surface area contributed by atoms with Crippen LogP contribution in [0.25, 0.3) is 0 Å². The highest BCUT2D eigenvalue weighted by Crippen LogP contribution is 2.16. The third kappa shape index (κ3) is 36.3. The molecule has 0 bridgehead atoms. The van der Waals surface area contributed by atoms with Crippen LogP contribution in [0, 0.1) is 0 Å². The Balaban J connectivity index is 4.57. The van der Waals surface area contributed by atoms with Gasteiger partial charge >= 0.3 is 5.97 Å². The Morgan fingerprint density at radius 1 is 0.566 bits per heavy atom. The van der Waals surface area contributed by atoms with E-state index >= 15 is 0 Å². The van der Waals surface area contributed by atoms with Gasteiger partial charge in [-0.15, -0.1) is 0 Å². The molecule has 0 saturated heterocycles. The van der Waals surface area contributed by atoms with E-state index in [9.17, 15) is 19.8 Å². The third-order valence-electron chi connectivity index (χ3n) is 9.56. The van der Waals surface area contributed by atoms with Crippen molar-refractivity contribution in [1.82, 2.24) is 5.32 Å². The Kier molecular flexibility index (Phi) is 38.9. The van der Waals surface area contributed by atoms with Crippen LogP contribution in [0.15, 0.2) is 60.8 Å². The summed E-state index contributed by atoms with van der Waals surface area (Å²) in [7, 11) is 0. The number of carbonyl (C=O) groups excluding carboxylic acids is 2. The second-order valence-corrected chi connectivity index (χ2v) is 14.7. The van der Waals surface area contributed by atoms with Gasteiger partial charge < -0.3 is 20.3 Å². The number of hydrogen-bond acceptors (Lipinski definition) is 5. The average Bonchev–Trinajstić information content (AvgIpc) is 3.15. The molecule has 3 N–H and O–H groups in total. The summed E-state index contributed by atoms with van der Waals surface area (Å²) >= 11 is 0. The highest BCUT2D eigenvalue weighted by molar-refractivity contribution is 5.77. The van der Waals surface area contributed by atoms with Gasteiger partial charge in [-0.2, -0.15) is 0 Å². The van der Waals surface area contributed by atoms with Crippen LogP contribution >= 0.6 is 0 Å². The number of allylic oxidation sites excluding steroid dienone is 10. The maximum absolute atomic E-state index is 13.1. The molecule has 0 aliphatic heterocycles. The van der Waals surface area contributed by atoms with Gasteiger partial charge in [-0.25, -0.2) is 0 Å². The second kappa shape index (κ2) is 40.7. The Morgan fingerprint density at radius 3 is 1.64 bits per heavy atom. The van der Waals surface area contributed by atoms with Crippen molar-refractivity contribution in [3.8, 4) is 0 Å². The zero-order valence-electron chi connectivity index (χ0n) is 34.6. The molecule has 0 spiro atoms. The van der Waals surface area contributed by atoms with E-state index in [-0.39, 0.29) is 24.9 Å². The summed E-state index contributed by atoms with van der Waals surface area (Å²) < 4.78 is 5.85. The molecule has 1 amide bonds. The second-order valence-electron chi connectivity index (χ2n) is 14.7. The number of esters is 1. The lowest BCUT2D eigenvalue weighted by molar-refractivity contribution is -0.151. The first-order valence-corrected chi connectivity index (χ1v) is 22.0. The van der Waals surface area contributed by atoms with Crippen molar-refractivity contribution in [1.29, 1.82) is 0 Å². The Bertz CT molecular complexity index is 968. The van der Waals surface area contributed by atoms with Gasteiger partial charge in [0, 0.05) is 6.42 Å². The van der Waals surface area contributed by atoms with Crippen LogP contribution in [0.2, 0.25) is 0 Å². The van der Waals surface area contributed by atoms with Crippen LogP contribution in [0.5, 0.6) is 0 Å². The molecule has 306 valence electrons. The van der Waals surface area contributed by atoms with Gasteiger partial charge in [0.15, 0.2) is 0 Å². The van der Waals surface area contributed by atoms with Crippen LogP contribution in [0.1, 0.15) is 201 Å². The maximum atomic E-state index is 13.1.